The van der Waals surface area contributed by atoms with Crippen LogP contribution in [0.3, 0.4) is 0 Å². The quantitative estimate of drug-likeness (QED) is 0.420. The van der Waals surface area contributed by atoms with Gasteiger partial charge < -0.3 is 10.1 Å². The number of nitrogens with one attached hydrogen (secondary N) is 1. The van der Waals surface area contributed by atoms with Crippen LogP contribution in [-0.4, -0.2) is 39.0 Å². The van der Waals surface area contributed by atoms with Crippen molar-refractivity contribution in [3.05, 3.63) is 70.1 Å². The summed E-state index contributed by atoms with van der Waals surface area (Å²) in [6.07, 6.45) is 0. The average molecular weight is 469 g/mol. The Bertz CT molecular complexity index is 1210. The van der Waals surface area contributed by atoms with E-state index < -0.39 is 23.8 Å². The first-order chi connectivity index (χ1) is 15.5. The number of nitrogens with zero attached hydrogens (tertiary/aromatic N) is 3. The molecule has 0 aliphatic rings. The van der Waals surface area contributed by atoms with Gasteiger partial charge in [0.1, 0.15) is 0 Å². The highest BCUT2D eigenvalue weighted by Crippen LogP contribution is 2.20. The van der Waals surface area contributed by atoms with Crippen molar-refractivity contribution < 1.29 is 19.1 Å². The van der Waals surface area contributed by atoms with Crippen LogP contribution in [-0.2, 0) is 9.53 Å². The van der Waals surface area contributed by atoms with Crippen molar-refractivity contribution in [2.45, 2.75) is 34.6 Å². The number of rotatable bonds is 6. The number of aromatic nitrogens is 3. The fourth-order valence-corrected chi connectivity index (χ4v) is 3.08. The monoisotopic (exact) mass is 468 g/mol. The van der Waals surface area contributed by atoms with Crippen molar-refractivity contribution in [3.63, 3.8) is 0 Å². The first-order valence-electron chi connectivity index (χ1n) is 10.3. The normalized spacial score (nSPS) is 11.2. The Kier molecular flexibility index (Phi) is 6.98. The SMILES string of the molecule is Cc1cc(C)n(-c2ccc(Cl)c(C(=O)OCC(=O)c3ccc(NC(=O)C(C)(C)C)cc3)n2)n1. The van der Waals surface area contributed by atoms with E-state index >= 15 is 0 Å². The van der Waals surface area contributed by atoms with Crippen molar-refractivity contribution >= 4 is 34.9 Å². The van der Waals surface area contributed by atoms with Gasteiger partial charge >= 0.3 is 5.97 Å². The summed E-state index contributed by atoms with van der Waals surface area (Å²) in [5.41, 5.74) is 1.92. The van der Waals surface area contributed by atoms with Gasteiger partial charge in [-0.1, -0.05) is 32.4 Å². The number of carbonyl (C=O) groups excluding carboxylic acids is 3. The van der Waals surface area contributed by atoms with Crippen LogP contribution in [0.4, 0.5) is 5.69 Å². The first kappa shape index (κ1) is 24.1. The fourth-order valence-electron chi connectivity index (χ4n) is 2.89. The van der Waals surface area contributed by atoms with Gasteiger partial charge in [0.15, 0.2) is 23.9 Å². The molecule has 0 fully saturated rings. The number of ether oxygens (including phenoxy) is 1. The number of hydrogen-bond acceptors (Lipinski definition) is 6. The highest BCUT2D eigenvalue weighted by atomic mass is 35.5. The standard InChI is InChI=1S/C24H25ClN4O4/c1-14-12-15(2)29(28-14)20-11-10-18(25)21(27-20)22(31)33-13-19(30)16-6-8-17(9-7-16)26-23(32)24(3,4)5/h6-12H,13H2,1-5H3,(H,26,32). The molecule has 9 heteroatoms. The third-order valence-corrected chi connectivity index (χ3v) is 5.04. The lowest BCUT2D eigenvalue weighted by molar-refractivity contribution is -0.123. The number of carbonyl (C=O) groups is 3. The molecule has 172 valence electrons. The van der Waals surface area contributed by atoms with E-state index in [2.05, 4.69) is 15.4 Å². The Morgan fingerprint density at radius 2 is 1.73 bits per heavy atom. The summed E-state index contributed by atoms with van der Waals surface area (Å²) in [5.74, 6) is -0.938. The second-order valence-corrected chi connectivity index (χ2v) is 9.03. The van der Waals surface area contributed by atoms with E-state index in [1.54, 1.807) is 35.0 Å². The van der Waals surface area contributed by atoms with Crippen LogP contribution in [0.2, 0.25) is 5.02 Å². The molecular weight excluding hydrogens is 444 g/mol. The molecule has 0 saturated carbocycles. The molecule has 33 heavy (non-hydrogen) atoms. The van der Waals surface area contributed by atoms with Gasteiger partial charge in [-0.3, -0.25) is 9.59 Å². The number of pyridine rings is 1. The molecule has 0 saturated heterocycles. The summed E-state index contributed by atoms with van der Waals surface area (Å²) in [7, 11) is 0. The minimum atomic E-state index is -0.814. The smallest absolute Gasteiger partial charge is 0.359 e. The van der Waals surface area contributed by atoms with Gasteiger partial charge in [0, 0.05) is 22.4 Å². The van der Waals surface area contributed by atoms with E-state index in [0.717, 1.165) is 11.4 Å². The summed E-state index contributed by atoms with van der Waals surface area (Å²) >= 11 is 6.13. The van der Waals surface area contributed by atoms with Crippen molar-refractivity contribution in [3.8, 4) is 5.82 Å². The summed E-state index contributed by atoms with van der Waals surface area (Å²) in [6.45, 7) is 8.67. The summed E-state index contributed by atoms with van der Waals surface area (Å²) < 4.78 is 6.75. The van der Waals surface area contributed by atoms with Gasteiger partial charge in [-0.2, -0.15) is 5.10 Å². The molecular formula is C24H25ClN4O4. The predicted molar refractivity (Wildman–Crippen MR) is 125 cm³/mol. The van der Waals surface area contributed by atoms with Crippen molar-refractivity contribution in [2.75, 3.05) is 11.9 Å². The van der Waals surface area contributed by atoms with Crippen LogP contribution < -0.4 is 5.32 Å². The Hall–Kier alpha value is -3.52. The Morgan fingerprint density at radius 3 is 2.30 bits per heavy atom. The molecule has 2 heterocycles. The Morgan fingerprint density at radius 1 is 1.06 bits per heavy atom. The number of ketones is 1. The zero-order valence-corrected chi connectivity index (χ0v) is 19.9. The minimum absolute atomic E-state index is 0.102. The lowest BCUT2D eigenvalue weighted by Crippen LogP contribution is -2.27. The van der Waals surface area contributed by atoms with Gasteiger partial charge in [0.2, 0.25) is 5.91 Å². The third kappa shape index (κ3) is 5.84. The minimum Gasteiger partial charge on any atom is -0.453 e. The molecule has 0 aliphatic heterocycles. The van der Waals surface area contributed by atoms with Gasteiger partial charge in [-0.25, -0.2) is 14.5 Å². The van der Waals surface area contributed by atoms with Crippen LogP contribution in [0.15, 0.2) is 42.5 Å². The van der Waals surface area contributed by atoms with Crippen molar-refractivity contribution in [1.82, 2.24) is 14.8 Å². The topological polar surface area (TPSA) is 103 Å². The fraction of sp³-hybridized carbons (Fsp3) is 0.292. The molecule has 1 N–H and O–H groups in total. The molecule has 0 aliphatic carbocycles. The molecule has 0 bridgehead atoms. The highest BCUT2D eigenvalue weighted by Gasteiger charge is 2.21. The molecule has 0 unspecified atom stereocenters. The molecule has 0 spiro atoms. The Balaban J connectivity index is 1.66. The van der Waals surface area contributed by atoms with E-state index in [1.807, 2.05) is 40.7 Å². The highest BCUT2D eigenvalue weighted by molar-refractivity contribution is 6.33. The van der Waals surface area contributed by atoms with E-state index in [4.69, 9.17) is 16.3 Å². The molecule has 0 atom stereocenters. The largest absolute Gasteiger partial charge is 0.453 e. The molecule has 0 radical (unpaired) electrons. The van der Waals surface area contributed by atoms with Gasteiger partial charge in [0.25, 0.3) is 0 Å². The van der Waals surface area contributed by atoms with E-state index in [-0.39, 0.29) is 16.6 Å². The molecule has 2 aromatic heterocycles. The van der Waals surface area contributed by atoms with E-state index in [0.29, 0.717) is 17.1 Å². The van der Waals surface area contributed by atoms with Crippen LogP contribution in [0.25, 0.3) is 5.82 Å². The number of esters is 1. The van der Waals surface area contributed by atoms with Crippen molar-refractivity contribution in [2.24, 2.45) is 5.41 Å². The zero-order chi connectivity index (χ0) is 24.3. The number of anilines is 1. The lowest BCUT2D eigenvalue weighted by atomic mass is 9.95. The maximum absolute atomic E-state index is 12.5. The second kappa shape index (κ2) is 9.54. The zero-order valence-electron chi connectivity index (χ0n) is 19.1. The first-order valence-corrected chi connectivity index (χ1v) is 10.7. The van der Waals surface area contributed by atoms with E-state index in [1.165, 1.54) is 6.07 Å². The molecule has 3 aromatic rings. The summed E-state index contributed by atoms with van der Waals surface area (Å²) in [6, 6.07) is 11.4. The van der Waals surface area contributed by atoms with Crippen LogP contribution in [0.5, 0.6) is 0 Å². The Labute approximate surface area is 196 Å². The number of amides is 1. The predicted octanol–water partition coefficient (Wildman–Crippen LogP) is 4.56. The van der Waals surface area contributed by atoms with Crippen LogP contribution in [0, 0.1) is 19.3 Å². The number of Topliss-reactive ketones (excluding diaryl/α,β-unsaturated/α-hetero) is 1. The number of halogens is 1. The number of hydrogen-bond donors (Lipinski definition) is 1. The van der Waals surface area contributed by atoms with Crippen molar-refractivity contribution in [1.29, 1.82) is 0 Å². The molecule has 1 aromatic carbocycles. The maximum Gasteiger partial charge on any atom is 0.359 e. The van der Waals surface area contributed by atoms with Gasteiger partial charge in [-0.05, 0) is 56.3 Å². The third-order valence-electron chi connectivity index (χ3n) is 4.73. The van der Waals surface area contributed by atoms with Crippen LogP contribution in [0.1, 0.15) is 53.0 Å². The van der Waals surface area contributed by atoms with Gasteiger partial charge in [-0.15, -0.1) is 0 Å². The van der Waals surface area contributed by atoms with E-state index in [9.17, 15) is 14.4 Å². The maximum atomic E-state index is 12.5. The number of aryl methyl sites for hydroxylation is 2. The van der Waals surface area contributed by atoms with Gasteiger partial charge in [0.05, 0.1) is 10.7 Å². The number of benzene rings is 1. The molecule has 1 amide bonds. The molecule has 3 rings (SSSR count). The summed E-state index contributed by atoms with van der Waals surface area (Å²) in [5, 5.41) is 7.23. The average Bonchev–Trinajstić information content (AvgIpc) is 3.09. The lowest BCUT2D eigenvalue weighted by Gasteiger charge is -2.17. The molecule has 8 nitrogen and oxygen atoms in total. The summed E-state index contributed by atoms with van der Waals surface area (Å²) in [4.78, 5) is 41.3. The van der Waals surface area contributed by atoms with Crippen LogP contribution >= 0.6 is 11.6 Å². The second-order valence-electron chi connectivity index (χ2n) is 8.62.